The number of amides is 1. The van der Waals surface area contributed by atoms with Crippen LogP contribution in [0, 0.1) is 18.8 Å². The number of methoxy groups -OCH3 is 1. The summed E-state index contributed by atoms with van der Waals surface area (Å²) in [6.45, 7) is 1.42. The molecule has 1 aromatic carbocycles. The number of rotatable bonds is 3. The molecule has 19 heavy (non-hydrogen) atoms. The molecular weight excluding hydrogens is 246 g/mol. The van der Waals surface area contributed by atoms with Crippen LogP contribution in [0.5, 0.6) is 0 Å². The number of esters is 1. The second-order valence-corrected chi connectivity index (χ2v) is 3.81. The van der Waals surface area contributed by atoms with Gasteiger partial charge in [0.25, 0.3) is 5.91 Å². The van der Waals surface area contributed by atoms with Gasteiger partial charge in [-0.3, -0.25) is 9.59 Å². The topological polar surface area (TPSA) is 75.6 Å². The lowest BCUT2D eigenvalue weighted by atomic mass is 10.1. The van der Waals surface area contributed by atoms with Gasteiger partial charge in [-0.05, 0) is 30.7 Å². The van der Waals surface area contributed by atoms with Crippen molar-refractivity contribution in [1.82, 2.24) is 5.32 Å². The van der Waals surface area contributed by atoms with Crippen LogP contribution in [0.1, 0.15) is 21.5 Å². The van der Waals surface area contributed by atoms with E-state index in [0.29, 0.717) is 11.1 Å². The molecule has 0 heterocycles. The first-order chi connectivity index (χ1) is 9.06. The quantitative estimate of drug-likeness (QED) is 0.604. The van der Waals surface area contributed by atoms with Crippen LogP contribution < -0.4 is 5.32 Å². The fourth-order valence-corrected chi connectivity index (χ4v) is 1.45. The van der Waals surface area contributed by atoms with Gasteiger partial charge in [-0.2, -0.15) is 0 Å². The Hall–Kier alpha value is -2.32. The van der Waals surface area contributed by atoms with E-state index >= 15 is 0 Å². The van der Waals surface area contributed by atoms with Crippen molar-refractivity contribution in [3.8, 4) is 11.8 Å². The first-order valence-corrected chi connectivity index (χ1v) is 5.63. The molecule has 1 aromatic rings. The third-order valence-corrected chi connectivity index (χ3v) is 2.27. The number of nitrogens with one attached hydrogen (secondary N) is 1. The standard InChI is InChI=1S/C14H15NO4/c1-10-6-11(4-3-5-16)8-12(7-10)14(18)15-9-13(17)19-2/h6-8,16H,5,9H2,1-2H3,(H,15,18). The van der Waals surface area contributed by atoms with E-state index in [2.05, 4.69) is 21.9 Å². The summed E-state index contributed by atoms with van der Waals surface area (Å²) in [6, 6.07) is 5.10. The normalized spacial score (nSPS) is 9.21. The number of aliphatic hydroxyl groups excluding tert-OH is 1. The SMILES string of the molecule is COC(=O)CNC(=O)c1cc(C)cc(C#CCO)c1. The van der Waals surface area contributed by atoms with Crippen LogP contribution >= 0.6 is 0 Å². The number of hydrogen-bond acceptors (Lipinski definition) is 4. The predicted octanol–water partition coefficient (Wildman–Crippen LogP) is 0.242. The van der Waals surface area contributed by atoms with E-state index in [0.717, 1.165) is 5.56 Å². The summed E-state index contributed by atoms with van der Waals surface area (Å²) in [7, 11) is 1.25. The van der Waals surface area contributed by atoms with Crippen molar-refractivity contribution in [3.05, 3.63) is 34.9 Å². The zero-order valence-corrected chi connectivity index (χ0v) is 10.8. The molecule has 0 bridgehead atoms. The highest BCUT2D eigenvalue weighted by Crippen LogP contribution is 2.09. The van der Waals surface area contributed by atoms with Gasteiger partial charge in [0.2, 0.25) is 0 Å². The molecule has 0 aliphatic carbocycles. The third-order valence-electron chi connectivity index (χ3n) is 2.27. The second-order valence-electron chi connectivity index (χ2n) is 3.81. The molecule has 0 radical (unpaired) electrons. The lowest BCUT2D eigenvalue weighted by Crippen LogP contribution is -2.30. The van der Waals surface area contributed by atoms with Crippen molar-refractivity contribution >= 4 is 11.9 Å². The number of carbonyl (C=O) groups excluding carboxylic acids is 2. The number of carbonyl (C=O) groups is 2. The third kappa shape index (κ3) is 4.82. The van der Waals surface area contributed by atoms with E-state index < -0.39 is 5.97 Å². The van der Waals surface area contributed by atoms with Crippen LogP contribution in [0.25, 0.3) is 0 Å². The van der Waals surface area contributed by atoms with E-state index in [-0.39, 0.29) is 19.1 Å². The minimum atomic E-state index is -0.513. The van der Waals surface area contributed by atoms with Crippen LogP contribution in [0.2, 0.25) is 0 Å². The molecule has 0 aromatic heterocycles. The van der Waals surface area contributed by atoms with Gasteiger partial charge in [0, 0.05) is 11.1 Å². The molecular formula is C14H15NO4. The van der Waals surface area contributed by atoms with Gasteiger partial charge in [-0.1, -0.05) is 11.8 Å². The number of hydrogen-bond donors (Lipinski definition) is 2. The highest BCUT2D eigenvalue weighted by Gasteiger charge is 2.09. The van der Waals surface area contributed by atoms with Gasteiger partial charge in [-0.15, -0.1) is 0 Å². The molecule has 100 valence electrons. The molecule has 0 spiro atoms. The van der Waals surface area contributed by atoms with Crippen LogP contribution in [0.15, 0.2) is 18.2 Å². The number of ether oxygens (including phenoxy) is 1. The van der Waals surface area contributed by atoms with Crippen molar-refractivity contribution < 1.29 is 19.4 Å². The molecule has 0 unspecified atom stereocenters. The largest absolute Gasteiger partial charge is 0.468 e. The highest BCUT2D eigenvalue weighted by atomic mass is 16.5. The zero-order chi connectivity index (χ0) is 14.3. The molecule has 0 saturated heterocycles. The monoisotopic (exact) mass is 261 g/mol. The Morgan fingerprint density at radius 1 is 1.37 bits per heavy atom. The molecule has 0 atom stereocenters. The summed E-state index contributed by atoms with van der Waals surface area (Å²) in [5, 5.41) is 11.1. The number of benzene rings is 1. The van der Waals surface area contributed by atoms with Crippen molar-refractivity contribution in [2.45, 2.75) is 6.92 Å². The van der Waals surface area contributed by atoms with E-state index in [4.69, 9.17) is 5.11 Å². The van der Waals surface area contributed by atoms with E-state index in [1.54, 1.807) is 18.2 Å². The average Bonchev–Trinajstić information content (AvgIpc) is 2.41. The lowest BCUT2D eigenvalue weighted by Gasteiger charge is -2.05. The predicted molar refractivity (Wildman–Crippen MR) is 69.5 cm³/mol. The highest BCUT2D eigenvalue weighted by molar-refractivity contribution is 5.96. The Balaban J connectivity index is 2.85. The maximum atomic E-state index is 11.8. The molecule has 1 rings (SSSR count). The van der Waals surface area contributed by atoms with Crippen LogP contribution in [0.3, 0.4) is 0 Å². The van der Waals surface area contributed by atoms with Gasteiger partial charge >= 0.3 is 5.97 Å². The fourth-order valence-electron chi connectivity index (χ4n) is 1.45. The van der Waals surface area contributed by atoms with Crippen molar-refractivity contribution in [1.29, 1.82) is 0 Å². The average molecular weight is 261 g/mol. The summed E-state index contributed by atoms with van der Waals surface area (Å²) >= 11 is 0. The molecule has 0 aliphatic rings. The van der Waals surface area contributed by atoms with Gasteiger partial charge in [0.05, 0.1) is 7.11 Å². The summed E-state index contributed by atoms with van der Waals surface area (Å²) in [6.07, 6.45) is 0. The summed E-state index contributed by atoms with van der Waals surface area (Å²) in [5.74, 6) is 4.37. The second kappa shape index (κ2) is 7.19. The van der Waals surface area contributed by atoms with E-state index in [1.165, 1.54) is 7.11 Å². The fraction of sp³-hybridized carbons (Fsp3) is 0.286. The Bertz CT molecular complexity index is 540. The lowest BCUT2D eigenvalue weighted by molar-refractivity contribution is -0.139. The van der Waals surface area contributed by atoms with Gasteiger partial charge < -0.3 is 15.2 Å². The Morgan fingerprint density at radius 3 is 2.74 bits per heavy atom. The van der Waals surface area contributed by atoms with E-state index in [1.807, 2.05) is 6.92 Å². The van der Waals surface area contributed by atoms with Gasteiger partial charge in [0.1, 0.15) is 13.2 Å². The summed E-state index contributed by atoms with van der Waals surface area (Å²) in [4.78, 5) is 22.8. The maximum absolute atomic E-state index is 11.8. The molecule has 0 saturated carbocycles. The zero-order valence-electron chi connectivity index (χ0n) is 10.8. The first-order valence-electron chi connectivity index (χ1n) is 5.63. The van der Waals surface area contributed by atoms with E-state index in [9.17, 15) is 9.59 Å². The summed E-state index contributed by atoms with van der Waals surface area (Å²) in [5.41, 5.74) is 1.91. The number of aryl methyl sites for hydroxylation is 1. The van der Waals surface area contributed by atoms with Crippen LogP contribution in [-0.4, -0.2) is 37.2 Å². The molecule has 2 N–H and O–H groups in total. The van der Waals surface area contributed by atoms with Crippen molar-refractivity contribution in [2.24, 2.45) is 0 Å². The molecule has 0 fully saturated rings. The van der Waals surface area contributed by atoms with Gasteiger partial charge in [-0.25, -0.2) is 0 Å². The van der Waals surface area contributed by atoms with Crippen LogP contribution in [0.4, 0.5) is 0 Å². The summed E-state index contributed by atoms with van der Waals surface area (Å²) < 4.78 is 4.43. The molecule has 1 amide bonds. The Labute approximate surface area is 111 Å². The number of aliphatic hydroxyl groups is 1. The Morgan fingerprint density at radius 2 is 2.11 bits per heavy atom. The Kier molecular flexibility index (Phi) is 5.58. The smallest absolute Gasteiger partial charge is 0.325 e. The van der Waals surface area contributed by atoms with Crippen LogP contribution in [-0.2, 0) is 9.53 Å². The van der Waals surface area contributed by atoms with Gasteiger partial charge in [0.15, 0.2) is 0 Å². The minimum Gasteiger partial charge on any atom is -0.468 e. The maximum Gasteiger partial charge on any atom is 0.325 e. The van der Waals surface area contributed by atoms with Crippen molar-refractivity contribution in [2.75, 3.05) is 20.3 Å². The van der Waals surface area contributed by atoms with Crippen molar-refractivity contribution in [3.63, 3.8) is 0 Å². The molecule has 5 nitrogen and oxygen atoms in total. The molecule has 5 heteroatoms. The first kappa shape index (κ1) is 14.7. The minimum absolute atomic E-state index is 0.180. The molecule has 0 aliphatic heterocycles.